The van der Waals surface area contributed by atoms with Crippen LogP contribution < -0.4 is 5.32 Å². The summed E-state index contributed by atoms with van der Waals surface area (Å²) in [4.78, 5) is 11.1. The number of hydrogen-bond donors (Lipinski definition) is 2. The number of nitrogens with one attached hydrogen (secondary N) is 1. The van der Waals surface area contributed by atoms with E-state index in [9.17, 15) is 4.79 Å². The third-order valence-corrected chi connectivity index (χ3v) is 3.54. The van der Waals surface area contributed by atoms with Crippen molar-refractivity contribution in [1.29, 1.82) is 0 Å². The first kappa shape index (κ1) is 14.2. The normalized spacial score (nSPS) is 12.2. The molecule has 17 heavy (non-hydrogen) atoms. The number of thioether (sulfide) groups is 1. The van der Waals surface area contributed by atoms with Crippen LogP contribution in [0.4, 0.5) is 5.69 Å². The molecule has 0 aliphatic carbocycles. The summed E-state index contributed by atoms with van der Waals surface area (Å²) in [6.45, 7) is 2.86. The number of hydrogen-bond acceptors (Lipinski definition) is 3. The minimum atomic E-state index is -1.00. The van der Waals surface area contributed by atoms with Crippen LogP contribution in [0.5, 0.6) is 0 Å². The molecule has 0 saturated heterocycles. The predicted molar refractivity (Wildman–Crippen MR) is 74.4 cm³/mol. The second-order valence-electron chi connectivity index (χ2n) is 3.91. The average molecular weight is 274 g/mol. The zero-order chi connectivity index (χ0) is 12.8. The zero-order valence-corrected chi connectivity index (χ0v) is 11.4. The van der Waals surface area contributed by atoms with E-state index in [0.717, 1.165) is 12.3 Å². The number of carboxylic acids is 1. The van der Waals surface area contributed by atoms with E-state index >= 15 is 0 Å². The highest BCUT2D eigenvalue weighted by molar-refractivity contribution is 7.98. The van der Waals surface area contributed by atoms with E-state index in [1.165, 1.54) is 0 Å². The molecule has 0 fully saturated rings. The molecular formula is C12H16ClNO2S. The van der Waals surface area contributed by atoms with Gasteiger partial charge in [-0.25, -0.2) is 4.79 Å². The van der Waals surface area contributed by atoms with Crippen molar-refractivity contribution >= 4 is 35.0 Å². The van der Waals surface area contributed by atoms with Gasteiger partial charge in [0.2, 0.25) is 0 Å². The summed E-state index contributed by atoms with van der Waals surface area (Å²) in [6, 6.07) is 5.07. The lowest BCUT2D eigenvalue weighted by Gasteiger charge is -2.14. The summed E-state index contributed by atoms with van der Waals surface area (Å²) in [7, 11) is 0. The minimum Gasteiger partial charge on any atom is -0.478 e. The molecule has 1 unspecified atom stereocenters. The van der Waals surface area contributed by atoms with Crippen molar-refractivity contribution in [3.63, 3.8) is 0 Å². The molecule has 0 aromatic heterocycles. The maximum absolute atomic E-state index is 11.1. The van der Waals surface area contributed by atoms with Crippen molar-refractivity contribution in [1.82, 2.24) is 0 Å². The summed E-state index contributed by atoms with van der Waals surface area (Å²) in [6.07, 6.45) is 2.05. The van der Waals surface area contributed by atoms with Gasteiger partial charge in [0.15, 0.2) is 0 Å². The quantitative estimate of drug-likeness (QED) is 0.833. The maximum atomic E-state index is 11.1. The van der Waals surface area contributed by atoms with Crippen LogP contribution in [0, 0.1) is 5.92 Å². The van der Waals surface area contributed by atoms with E-state index in [2.05, 4.69) is 18.5 Å². The fraction of sp³-hybridized carbons (Fsp3) is 0.417. The highest BCUT2D eigenvalue weighted by Crippen LogP contribution is 2.24. The molecular weight excluding hydrogens is 258 g/mol. The van der Waals surface area contributed by atoms with Crippen molar-refractivity contribution in [3.05, 3.63) is 28.8 Å². The van der Waals surface area contributed by atoms with E-state index in [0.29, 0.717) is 11.6 Å². The molecule has 94 valence electrons. The highest BCUT2D eigenvalue weighted by Gasteiger charge is 2.14. The third-order valence-electron chi connectivity index (χ3n) is 2.32. The number of carboxylic acid groups (broad SMARTS) is 1. The molecule has 3 nitrogen and oxygen atoms in total. The molecule has 1 aromatic carbocycles. The van der Waals surface area contributed by atoms with E-state index in [1.54, 1.807) is 30.0 Å². The fourth-order valence-electron chi connectivity index (χ4n) is 1.52. The lowest BCUT2D eigenvalue weighted by Crippen LogP contribution is -2.15. The van der Waals surface area contributed by atoms with Gasteiger partial charge in [0.1, 0.15) is 5.56 Å². The summed E-state index contributed by atoms with van der Waals surface area (Å²) < 4.78 is 0. The molecule has 1 atom stereocenters. The number of anilines is 1. The van der Waals surface area contributed by atoms with Gasteiger partial charge in [-0.3, -0.25) is 0 Å². The Morgan fingerprint density at radius 2 is 2.29 bits per heavy atom. The predicted octanol–water partition coefficient (Wildman–Crippen LogP) is 3.45. The Labute approximate surface area is 111 Å². The first-order chi connectivity index (χ1) is 8.06. The van der Waals surface area contributed by atoms with E-state index in [-0.39, 0.29) is 10.6 Å². The van der Waals surface area contributed by atoms with Crippen LogP contribution in [-0.4, -0.2) is 29.6 Å². The molecule has 0 bridgehead atoms. The van der Waals surface area contributed by atoms with Crippen molar-refractivity contribution in [2.24, 2.45) is 5.92 Å². The Bertz CT molecular complexity index is 398. The van der Waals surface area contributed by atoms with E-state index < -0.39 is 5.97 Å². The SMILES string of the molecule is CSCC(C)CNc1cccc(Cl)c1C(=O)O. The van der Waals surface area contributed by atoms with Gasteiger partial charge in [-0.05, 0) is 30.1 Å². The van der Waals surface area contributed by atoms with E-state index in [1.807, 2.05) is 0 Å². The molecule has 2 N–H and O–H groups in total. The Hall–Kier alpha value is -0.870. The van der Waals surface area contributed by atoms with Crippen LogP contribution >= 0.6 is 23.4 Å². The number of carbonyl (C=O) groups is 1. The second kappa shape index (κ2) is 6.77. The van der Waals surface area contributed by atoms with Gasteiger partial charge in [0.05, 0.1) is 10.7 Å². The molecule has 0 aliphatic rings. The fourth-order valence-corrected chi connectivity index (χ4v) is 2.46. The van der Waals surface area contributed by atoms with Gasteiger partial charge in [-0.2, -0.15) is 11.8 Å². The summed E-state index contributed by atoms with van der Waals surface area (Å²) in [5.41, 5.74) is 0.725. The van der Waals surface area contributed by atoms with Gasteiger partial charge in [0, 0.05) is 6.54 Å². The Morgan fingerprint density at radius 3 is 2.88 bits per heavy atom. The lowest BCUT2D eigenvalue weighted by atomic mass is 10.1. The van der Waals surface area contributed by atoms with Gasteiger partial charge in [-0.1, -0.05) is 24.6 Å². The number of aromatic carboxylic acids is 1. The Balaban J connectivity index is 2.77. The molecule has 0 amide bonds. The average Bonchev–Trinajstić information content (AvgIpc) is 2.26. The van der Waals surface area contributed by atoms with Gasteiger partial charge >= 0.3 is 5.97 Å². The van der Waals surface area contributed by atoms with Crippen LogP contribution in [0.25, 0.3) is 0 Å². The smallest absolute Gasteiger partial charge is 0.339 e. The first-order valence-corrected chi connectivity index (χ1v) is 7.08. The van der Waals surface area contributed by atoms with Crippen LogP contribution in [0.2, 0.25) is 5.02 Å². The summed E-state index contributed by atoms with van der Waals surface area (Å²) in [5.74, 6) is 0.511. The molecule has 0 saturated carbocycles. The Kier molecular flexibility index (Phi) is 5.65. The second-order valence-corrected chi connectivity index (χ2v) is 5.23. The summed E-state index contributed by atoms with van der Waals surface area (Å²) >= 11 is 7.65. The molecule has 5 heteroatoms. The van der Waals surface area contributed by atoms with Gasteiger partial charge in [0.25, 0.3) is 0 Å². The number of rotatable bonds is 6. The van der Waals surface area contributed by atoms with Crippen molar-refractivity contribution < 1.29 is 9.90 Å². The van der Waals surface area contributed by atoms with Crippen LogP contribution in [-0.2, 0) is 0 Å². The van der Waals surface area contributed by atoms with Crippen LogP contribution in [0.15, 0.2) is 18.2 Å². The minimum absolute atomic E-state index is 0.144. The molecule has 1 rings (SSSR count). The molecule has 0 heterocycles. The monoisotopic (exact) mass is 273 g/mol. The van der Waals surface area contributed by atoms with Gasteiger partial charge < -0.3 is 10.4 Å². The molecule has 0 aliphatic heterocycles. The van der Waals surface area contributed by atoms with Gasteiger partial charge in [-0.15, -0.1) is 0 Å². The molecule has 1 aromatic rings. The summed E-state index contributed by atoms with van der Waals surface area (Å²) in [5, 5.41) is 12.5. The van der Waals surface area contributed by atoms with Crippen LogP contribution in [0.1, 0.15) is 17.3 Å². The first-order valence-electron chi connectivity index (χ1n) is 5.31. The maximum Gasteiger partial charge on any atom is 0.339 e. The molecule has 0 spiro atoms. The van der Waals surface area contributed by atoms with Crippen molar-refractivity contribution in [2.45, 2.75) is 6.92 Å². The highest BCUT2D eigenvalue weighted by atomic mass is 35.5. The largest absolute Gasteiger partial charge is 0.478 e. The topological polar surface area (TPSA) is 49.3 Å². The van der Waals surface area contributed by atoms with Crippen LogP contribution in [0.3, 0.4) is 0 Å². The van der Waals surface area contributed by atoms with E-state index in [4.69, 9.17) is 16.7 Å². The van der Waals surface area contributed by atoms with Crippen molar-refractivity contribution in [3.8, 4) is 0 Å². The van der Waals surface area contributed by atoms with Crippen molar-refractivity contribution in [2.75, 3.05) is 23.9 Å². The number of halogens is 1. The Morgan fingerprint density at radius 1 is 1.59 bits per heavy atom. The molecule has 0 radical (unpaired) electrons. The number of benzene rings is 1. The zero-order valence-electron chi connectivity index (χ0n) is 9.87. The lowest BCUT2D eigenvalue weighted by molar-refractivity contribution is 0.0698. The third kappa shape index (κ3) is 4.13. The standard InChI is InChI=1S/C12H16ClNO2S/c1-8(7-17-2)6-14-10-5-3-4-9(13)11(10)12(15)16/h3-5,8,14H,6-7H2,1-2H3,(H,15,16).